The maximum absolute atomic E-state index is 12.5. The van der Waals surface area contributed by atoms with Crippen molar-refractivity contribution in [2.75, 3.05) is 6.54 Å². The molecule has 1 saturated heterocycles. The lowest BCUT2D eigenvalue weighted by Crippen LogP contribution is -2.36. The largest absolute Gasteiger partial charge is 0.444 e. The van der Waals surface area contributed by atoms with E-state index in [1.54, 1.807) is 11.3 Å². The van der Waals surface area contributed by atoms with E-state index in [-0.39, 0.29) is 12.1 Å². The van der Waals surface area contributed by atoms with Gasteiger partial charge in [0.25, 0.3) is 0 Å². The second-order valence-electron chi connectivity index (χ2n) is 7.47. The molecule has 0 spiro atoms. The zero-order valence-corrected chi connectivity index (χ0v) is 16.3. The minimum Gasteiger partial charge on any atom is -0.444 e. The number of thiazole rings is 1. The van der Waals surface area contributed by atoms with Crippen LogP contribution in [0.3, 0.4) is 0 Å². The van der Waals surface area contributed by atoms with E-state index in [9.17, 15) is 4.79 Å². The molecule has 1 atom stereocenters. The number of aromatic nitrogens is 2. The van der Waals surface area contributed by atoms with Gasteiger partial charge in [0.2, 0.25) is 0 Å². The molecular formula is C19H25N3O2S. The maximum atomic E-state index is 12.5. The van der Waals surface area contributed by atoms with Gasteiger partial charge in [-0.2, -0.15) is 0 Å². The number of carbonyl (C=O) groups is 1. The minimum atomic E-state index is -0.483. The number of aryl methyl sites for hydroxylation is 2. The van der Waals surface area contributed by atoms with Crippen molar-refractivity contribution in [3.63, 3.8) is 0 Å². The Balaban J connectivity index is 1.85. The third-order valence-electron chi connectivity index (χ3n) is 4.30. The Morgan fingerprint density at radius 2 is 2.12 bits per heavy atom. The molecule has 25 heavy (non-hydrogen) atoms. The van der Waals surface area contributed by atoms with Crippen LogP contribution in [0.1, 0.15) is 55.8 Å². The number of ether oxygens (including phenoxy) is 1. The molecule has 0 radical (unpaired) electrons. The molecule has 5 nitrogen and oxygen atoms in total. The van der Waals surface area contributed by atoms with Crippen LogP contribution in [-0.2, 0) is 4.74 Å². The third kappa shape index (κ3) is 4.00. The number of hydrogen-bond donors (Lipinski definition) is 0. The first-order valence-electron chi connectivity index (χ1n) is 8.64. The highest BCUT2D eigenvalue weighted by Crippen LogP contribution is 2.35. The smallest absolute Gasteiger partial charge is 0.410 e. The SMILES string of the molecule is Cc1nc(-c2cc([C@H]3CCCN3C(=O)OC(C)(C)C)ccn2)sc1C. The zero-order chi connectivity index (χ0) is 18.2. The summed E-state index contributed by atoms with van der Waals surface area (Å²) in [6, 6.07) is 4.09. The van der Waals surface area contributed by atoms with Gasteiger partial charge in [0.1, 0.15) is 10.6 Å². The van der Waals surface area contributed by atoms with Crippen LogP contribution in [0.15, 0.2) is 18.3 Å². The summed E-state index contributed by atoms with van der Waals surface area (Å²) in [5.41, 5.74) is 2.53. The van der Waals surface area contributed by atoms with Crippen LogP contribution in [0.5, 0.6) is 0 Å². The number of nitrogens with zero attached hydrogens (tertiary/aromatic N) is 3. The summed E-state index contributed by atoms with van der Waals surface area (Å²) in [4.78, 5) is 24.6. The molecule has 3 rings (SSSR count). The molecule has 134 valence electrons. The molecule has 0 unspecified atom stereocenters. The molecule has 1 aliphatic rings. The Labute approximate surface area is 153 Å². The standard InChI is InChI=1S/C19H25N3O2S/c1-12-13(2)25-17(21-12)15-11-14(8-9-20-15)16-7-6-10-22(16)18(23)24-19(3,4)5/h8-9,11,16H,6-7,10H2,1-5H3/t16-/m1/s1. The van der Waals surface area contributed by atoms with Crippen LogP contribution in [0.4, 0.5) is 4.79 Å². The van der Waals surface area contributed by atoms with E-state index in [2.05, 4.69) is 23.0 Å². The number of amides is 1. The molecule has 1 fully saturated rings. The van der Waals surface area contributed by atoms with Crippen molar-refractivity contribution in [3.8, 4) is 10.7 Å². The van der Waals surface area contributed by atoms with Gasteiger partial charge < -0.3 is 9.64 Å². The lowest BCUT2D eigenvalue weighted by molar-refractivity contribution is 0.0224. The Kier molecular flexibility index (Phi) is 4.82. The average molecular weight is 359 g/mol. The van der Waals surface area contributed by atoms with Crippen LogP contribution in [0.25, 0.3) is 10.7 Å². The van der Waals surface area contributed by atoms with Crippen molar-refractivity contribution < 1.29 is 9.53 Å². The predicted octanol–water partition coefficient (Wildman–Crippen LogP) is 4.89. The van der Waals surface area contributed by atoms with Crippen LogP contribution in [0, 0.1) is 13.8 Å². The van der Waals surface area contributed by atoms with Gasteiger partial charge in [-0.1, -0.05) is 0 Å². The van der Waals surface area contributed by atoms with Crippen molar-refractivity contribution in [1.82, 2.24) is 14.9 Å². The summed E-state index contributed by atoms with van der Waals surface area (Å²) < 4.78 is 5.57. The molecule has 1 amide bonds. The van der Waals surface area contributed by atoms with E-state index < -0.39 is 5.60 Å². The fourth-order valence-electron chi connectivity index (χ4n) is 3.01. The summed E-state index contributed by atoms with van der Waals surface area (Å²) >= 11 is 1.65. The predicted molar refractivity (Wildman–Crippen MR) is 99.7 cm³/mol. The molecule has 6 heteroatoms. The van der Waals surface area contributed by atoms with E-state index in [0.717, 1.165) is 41.3 Å². The van der Waals surface area contributed by atoms with E-state index in [4.69, 9.17) is 4.74 Å². The Morgan fingerprint density at radius 3 is 2.76 bits per heavy atom. The first-order chi connectivity index (χ1) is 11.7. The summed E-state index contributed by atoms with van der Waals surface area (Å²) in [5.74, 6) is 0. The van der Waals surface area contributed by atoms with E-state index >= 15 is 0 Å². The lowest BCUT2D eigenvalue weighted by atomic mass is 10.1. The third-order valence-corrected chi connectivity index (χ3v) is 5.39. The molecule has 0 aliphatic carbocycles. The number of hydrogen-bond acceptors (Lipinski definition) is 5. The van der Waals surface area contributed by atoms with E-state index in [1.807, 2.05) is 44.9 Å². The van der Waals surface area contributed by atoms with Crippen molar-refractivity contribution in [1.29, 1.82) is 0 Å². The van der Waals surface area contributed by atoms with Gasteiger partial charge >= 0.3 is 6.09 Å². The minimum absolute atomic E-state index is 0.0405. The van der Waals surface area contributed by atoms with Crippen LogP contribution in [0.2, 0.25) is 0 Å². The fraction of sp³-hybridized carbons (Fsp3) is 0.526. The Hall–Kier alpha value is -1.95. The first-order valence-corrected chi connectivity index (χ1v) is 9.46. The Morgan fingerprint density at radius 1 is 1.36 bits per heavy atom. The van der Waals surface area contributed by atoms with Crippen molar-refractivity contribution in [3.05, 3.63) is 34.5 Å². The first kappa shape index (κ1) is 17.9. The van der Waals surface area contributed by atoms with Crippen molar-refractivity contribution in [2.24, 2.45) is 0 Å². The van der Waals surface area contributed by atoms with E-state index in [1.165, 1.54) is 4.88 Å². The topological polar surface area (TPSA) is 55.3 Å². The molecule has 0 aromatic carbocycles. The van der Waals surface area contributed by atoms with Crippen molar-refractivity contribution >= 4 is 17.4 Å². The van der Waals surface area contributed by atoms with Gasteiger partial charge in [-0.05, 0) is 65.2 Å². The summed E-state index contributed by atoms with van der Waals surface area (Å²) in [6.45, 7) is 10.5. The fourth-order valence-corrected chi connectivity index (χ4v) is 3.89. The summed E-state index contributed by atoms with van der Waals surface area (Å²) in [5, 5.41) is 0.929. The molecule has 2 aromatic rings. The van der Waals surface area contributed by atoms with Gasteiger partial charge in [0.15, 0.2) is 0 Å². The lowest BCUT2D eigenvalue weighted by Gasteiger charge is -2.28. The molecule has 2 aromatic heterocycles. The van der Waals surface area contributed by atoms with Gasteiger partial charge in [-0.15, -0.1) is 11.3 Å². The van der Waals surface area contributed by atoms with Gasteiger partial charge in [-0.25, -0.2) is 9.78 Å². The summed E-state index contributed by atoms with van der Waals surface area (Å²) in [7, 11) is 0. The summed E-state index contributed by atoms with van der Waals surface area (Å²) in [6.07, 6.45) is 3.49. The molecular weight excluding hydrogens is 334 g/mol. The second kappa shape index (κ2) is 6.75. The quantitative estimate of drug-likeness (QED) is 0.766. The Bertz CT molecular complexity index is 760. The van der Waals surface area contributed by atoms with Gasteiger partial charge in [0, 0.05) is 17.6 Å². The van der Waals surface area contributed by atoms with Crippen LogP contribution >= 0.6 is 11.3 Å². The second-order valence-corrected chi connectivity index (χ2v) is 8.67. The maximum Gasteiger partial charge on any atom is 0.410 e. The van der Waals surface area contributed by atoms with Crippen LogP contribution < -0.4 is 0 Å². The van der Waals surface area contributed by atoms with Crippen LogP contribution in [-0.4, -0.2) is 33.1 Å². The van der Waals surface area contributed by atoms with E-state index in [0.29, 0.717) is 0 Å². The normalized spacial score (nSPS) is 17.8. The van der Waals surface area contributed by atoms with Gasteiger partial charge in [-0.3, -0.25) is 4.98 Å². The molecule has 0 saturated carbocycles. The molecule has 3 heterocycles. The highest BCUT2D eigenvalue weighted by atomic mass is 32.1. The van der Waals surface area contributed by atoms with Crippen molar-refractivity contribution in [2.45, 2.75) is 59.1 Å². The molecule has 0 N–H and O–H groups in total. The number of pyridine rings is 1. The zero-order valence-electron chi connectivity index (χ0n) is 15.5. The number of rotatable bonds is 2. The number of likely N-dealkylation sites (tertiary alicyclic amines) is 1. The molecule has 0 bridgehead atoms. The average Bonchev–Trinajstić information content (AvgIpc) is 3.13. The highest BCUT2D eigenvalue weighted by Gasteiger charge is 2.33. The van der Waals surface area contributed by atoms with Gasteiger partial charge in [0.05, 0.1) is 17.4 Å². The molecule has 1 aliphatic heterocycles. The monoisotopic (exact) mass is 359 g/mol. The number of carbonyl (C=O) groups excluding carboxylic acids is 1. The highest BCUT2D eigenvalue weighted by molar-refractivity contribution is 7.15.